The predicted octanol–water partition coefficient (Wildman–Crippen LogP) is -0.344. The summed E-state index contributed by atoms with van der Waals surface area (Å²) in [6.07, 6.45) is 0.852. The number of aromatic nitrogens is 4. The van der Waals surface area contributed by atoms with E-state index in [0.717, 1.165) is 4.79 Å². The second-order valence-corrected chi connectivity index (χ2v) is 7.29. The number of carbonyl (C=O) groups excluding carboxylic acids is 1. The summed E-state index contributed by atoms with van der Waals surface area (Å²) in [6, 6.07) is 0. The molecule has 3 heterocycles. The maximum atomic E-state index is 12.2. The minimum atomic E-state index is -1.48. The van der Waals surface area contributed by atoms with Crippen molar-refractivity contribution < 1.29 is 19.4 Å². The molecule has 1 amide bonds. The van der Waals surface area contributed by atoms with E-state index < -0.39 is 22.7 Å². The molecular weight excluding hydrogens is 370 g/mol. The van der Waals surface area contributed by atoms with E-state index in [2.05, 4.69) is 15.1 Å². The van der Waals surface area contributed by atoms with Crippen LogP contribution in [0.4, 0.5) is 10.7 Å². The van der Waals surface area contributed by atoms with Crippen molar-refractivity contribution in [3.05, 3.63) is 22.1 Å². The molecule has 12 heteroatoms. The van der Waals surface area contributed by atoms with Crippen molar-refractivity contribution in [1.29, 1.82) is 0 Å². The summed E-state index contributed by atoms with van der Waals surface area (Å²) < 4.78 is 5.36. The first-order valence-corrected chi connectivity index (χ1v) is 8.58. The molecule has 1 fully saturated rings. The standard InChI is InChI=1S/C16H21N7O5/c1-16(2,3)28-15(27)22-6-4-21(5-7-22)14-18-8-9-11(24)10(13(25)26)20-23(17)12(9)19-14/h8H,4-7,17H2,1-3H3,(H,25,26). The number of nitrogens with two attached hydrogens (primary N) is 1. The third-order valence-electron chi connectivity index (χ3n) is 4.06. The lowest BCUT2D eigenvalue weighted by Gasteiger charge is -2.35. The van der Waals surface area contributed by atoms with Gasteiger partial charge in [0.1, 0.15) is 5.60 Å². The molecule has 0 aromatic carbocycles. The highest BCUT2D eigenvalue weighted by molar-refractivity contribution is 5.89. The van der Waals surface area contributed by atoms with E-state index in [1.165, 1.54) is 6.20 Å². The molecule has 3 rings (SSSR count). The number of anilines is 1. The molecule has 1 aliphatic heterocycles. The molecule has 0 spiro atoms. The van der Waals surface area contributed by atoms with Crippen molar-refractivity contribution in [3.8, 4) is 0 Å². The summed E-state index contributed by atoms with van der Waals surface area (Å²) in [5.41, 5.74) is -2.04. The van der Waals surface area contributed by atoms with Crippen LogP contribution in [0.2, 0.25) is 0 Å². The number of hydrogen-bond donors (Lipinski definition) is 2. The average Bonchev–Trinajstić information content (AvgIpc) is 2.63. The van der Waals surface area contributed by atoms with Gasteiger partial charge < -0.3 is 25.5 Å². The molecule has 0 unspecified atom stereocenters. The number of hydrogen-bond acceptors (Lipinski definition) is 9. The predicted molar refractivity (Wildman–Crippen MR) is 98.7 cm³/mol. The zero-order chi connectivity index (χ0) is 20.6. The molecule has 0 bridgehead atoms. The Bertz CT molecular complexity index is 989. The van der Waals surface area contributed by atoms with Crippen molar-refractivity contribution in [2.24, 2.45) is 0 Å². The lowest BCUT2D eigenvalue weighted by Crippen LogP contribution is -2.50. The molecule has 1 aliphatic rings. The number of carboxylic acid groups (broad SMARTS) is 1. The van der Waals surface area contributed by atoms with E-state index in [0.29, 0.717) is 32.1 Å². The van der Waals surface area contributed by atoms with Gasteiger partial charge in [0.2, 0.25) is 17.1 Å². The van der Waals surface area contributed by atoms with Gasteiger partial charge in [-0.15, -0.1) is 5.10 Å². The summed E-state index contributed by atoms with van der Waals surface area (Å²) in [4.78, 5) is 48.0. The minimum Gasteiger partial charge on any atom is -0.476 e. The lowest BCUT2D eigenvalue weighted by atomic mass is 10.2. The summed E-state index contributed by atoms with van der Waals surface area (Å²) in [5, 5.41) is 12.5. The maximum absolute atomic E-state index is 12.2. The molecule has 0 saturated carbocycles. The van der Waals surface area contributed by atoms with Gasteiger partial charge in [-0.1, -0.05) is 0 Å². The molecule has 3 N–H and O–H groups in total. The van der Waals surface area contributed by atoms with Gasteiger partial charge in [0.15, 0.2) is 5.65 Å². The van der Waals surface area contributed by atoms with E-state index in [4.69, 9.17) is 15.7 Å². The van der Waals surface area contributed by atoms with Gasteiger partial charge >= 0.3 is 12.1 Å². The maximum Gasteiger partial charge on any atom is 0.410 e. The van der Waals surface area contributed by atoms with Crippen molar-refractivity contribution in [3.63, 3.8) is 0 Å². The number of ether oxygens (including phenoxy) is 1. The Labute approximate surface area is 159 Å². The number of rotatable bonds is 2. The quantitative estimate of drug-likeness (QED) is 0.649. The van der Waals surface area contributed by atoms with Crippen molar-refractivity contribution in [2.45, 2.75) is 26.4 Å². The van der Waals surface area contributed by atoms with Crippen LogP contribution in [0.3, 0.4) is 0 Å². The SMILES string of the molecule is CC(C)(C)OC(=O)N1CCN(c2ncc3c(=O)c(C(=O)O)nn(N)c3n2)CC1. The number of amides is 1. The van der Waals surface area contributed by atoms with E-state index in [1.54, 1.807) is 25.7 Å². The topological polar surface area (TPSA) is 157 Å². The normalized spacial score (nSPS) is 15.0. The van der Waals surface area contributed by atoms with E-state index in [1.807, 2.05) is 4.90 Å². The fourth-order valence-corrected chi connectivity index (χ4v) is 2.73. The Balaban J connectivity index is 1.80. The van der Waals surface area contributed by atoms with E-state index in [9.17, 15) is 14.4 Å². The Kier molecular flexibility index (Phi) is 4.79. The molecule has 12 nitrogen and oxygen atoms in total. The second kappa shape index (κ2) is 6.94. The molecule has 1 saturated heterocycles. The molecule has 0 aliphatic carbocycles. The summed E-state index contributed by atoms with van der Waals surface area (Å²) in [7, 11) is 0. The monoisotopic (exact) mass is 391 g/mol. The van der Waals surface area contributed by atoms with Gasteiger partial charge in [-0.2, -0.15) is 9.77 Å². The third-order valence-corrected chi connectivity index (χ3v) is 4.06. The first-order chi connectivity index (χ1) is 13.1. The molecule has 150 valence electrons. The zero-order valence-corrected chi connectivity index (χ0v) is 15.7. The molecule has 2 aromatic heterocycles. The van der Waals surface area contributed by atoms with Crippen LogP contribution in [0.5, 0.6) is 0 Å². The highest BCUT2D eigenvalue weighted by Gasteiger charge is 2.27. The highest BCUT2D eigenvalue weighted by Crippen LogP contribution is 2.16. The van der Waals surface area contributed by atoms with Crippen LogP contribution in [-0.4, -0.2) is 73.7 Å². The molecule has 2 aromatic rings. The Morgan fingerprint density at radius 3 is 2.43 bits per heavy atom. The average molecular weight is 391 g/mol. The van der Waals surface area contributed by atoms with Crippen LogP contribution in [0.1, 0.15) is 31.3 Å². The molecule has 0 atom stereocenters. The second-order valence-electron chi connectivity index (χ2n) is 7.29. The number of nitrogen functional groups attached to an aromatic ring is 1. The fraction of sp³-hybridized carbons (Fsp3) is 0.500. The van der Waals surface area contributed by atoms with E-state index in [-0.39, 0.29) is 17.1 Å². The Morgan fingerprint density at radius 1 is 1.21 bits per heavy atom. The van der Waals surface area contributed by atoms with Crippen LogP contribution in [0.25, 0.3) is 11.0 Å². The zero-order valence-electron chi connectivity index (χ0n) is 15.7. The van der Waals surface area contributed by atoms with Gasteiger partial charge in [0.05, 0.1) is 5.39 Å². The number of carboxylic acids is 1. The van der Waals surface area contributed by atoms with Crippen molar-refractivity contribution in [1.82, 2.24) is 24.8 Å². The first-order valence-electron chi connectivity index (χ1n) is 8.58. The number of piperazine rings is 1. The largest absolute Gasteiger partial charge is 0.476 e. The van der Waals surface area contributed by atoms with Gasteiger partial charge in [0.25, 0.3) is 0 Å². The summed E-state index contributed by atoms with van der Waals surface area (Å²) >= 11 is 0. The van der Waals surface area contributed by atoms with Crippen LogP contribution < -0.4 is 16.2 Å². The third kappa shape index (κ3) is 3.80. The van der Waals surface area contributed by atoms with Crippen molar-refractivity contribution in [2.75, 3.05) is 36.9 Å². The smallest absolute Gasteiger partial charge is 0.410 e. The lowest BCUT2D eigenvalue weighted by molar-refractivity contribution is 0.0240. The molecule has 28 heavy (non-hydrogen) atoms. The highest BCUT2D eigenvalue weighted by atomic mass is 16.6. The van der Waals surface area contributed by atoms with Gasteiger partial charge in [-0.05, 0) is 20.8 Å². The van der Waals surface area contributed by atoms with Gasteiger partial charge in [-0.3, -0.25) is 4.79 Å². The first kappa shape index (κ1) is 19.3. The fourth-order valence-electron chi connectivity index (χ4n) is 2.73. The summed E-state index contributed by atoms with van der Waals surface area (Å²) in [5.74, 6) is 4.53. The van der Waals surface area contributed by atoms with Gasteiger partial charge in [0, 0.05) is 32.4 Å². The minimum absolute atomic E-state index is 0.0228. The Morgan fingerprint density at radius 2 is 1.86 bits per heavy atom. The molecule has 0 radical (unpaired) electrons. The number of aromatic carboxylic acids is 1. The molecular formula is C16H21N7O5. The number of fused-ring (bicyclic) bond motifs is 1. The Hall–Kier alpha value is -3.44. The van der Waals surface area contributed by atoms with Crippen molar-refractivity contribution >= 4 is 29.0 Å². The van der Waals surface area contributed by atoms with E-state index >= 15 is 0 Å². The van der Waals surface area contributed by atoms with Crippen LogP contribution >= 0.6 is 0 Å². The van der Waals surface area contributed by atoms with Gasteiger partial charge in [-0.25, -0.2) is 14.6 Å². The van der Waals surface area contributed by atoms with Crippen LogP contribution in [-0.2, 0) is 4.74 Å². The summed E-state index contributed by atoms with van der Waals surface area (Å²) in [6.45, 7) is 7.17. The number of carbonyl (C=O) groups is 2. The number of nitrogens with zero attached hydrogens (tertiary/aromatic N) is 6. The van der Waals surface area contributed by atoms with Crippen LogP contribution in [0.15, 0.2) is 11.0 Å². The van der Waals surface area contributed by atoms with Crippen LogP contribution in [0, 0.1) is 0 Å².